The topological polar surface area (TPSA) is 73.8 Å². The molecule has 3 rings (SSSR count). The van der Waals surface area contributed by atoms with Gasteiger partial charge in [0.25, 0.3) is 0 Å². The summed E-state index contributed by atoms with van der Waals surface area (Å²) in [5.74, 6) is 1.03. The number of nitrogens with zero attached hydrogens (tertiary/aromatic N) is 2. The number of hydrogen-bond donors (Lipinski definition) is 2. The number of nitrogens with one attached hydrogen (secondary N) is 2. The maximum atomic E-state index is 11.6. The van der Waals surface area contributed by atoms with E-state index >= 15 is 0 Å². The molecule has 2 aliphatic rings. The van der Waals surface area contributed by atoms with Crippen LogP contribution in [0, 0.1) is 5.41 Å². The number of benzene rings is 1. The molecule has 1 saturated carbocycles. The zero-order valence-corrected chi connectivity index (χ0v) is 20.0. The zero-order valence-electron chi connectivity index (χ0n) is 16.9. The van der Waals surface area contributed by atoms with Crippen molar-refractivity contribution in [3.63, 3.8) is 0 Å². The van der Waals surface area contributed by atoms with Crippen molar-refractivity contribution in [1.29, 1.82) is 0 Å². The first-order valence-electron chi connectivity index (χ1n) is 9.79. The van der Waals surface area contributed by atoms with Crippen molar-refractivity contribution in [1.82, 2.24) is 15.5 Å². The molecule has 2 N–H and O–H groups in total. The van der Waals surface area contributed by atoms with Crippen LogP contribution in [-0.4, -0.2) is 64.0 Å². The van der Waals surface area contributed by atoms with Crippen LogP contribution in [0.4, 0.5) is 0 Å². The molecule has 1 aromatic rings. The molecule has 1 aromatic carbocycles. The molecule has 0 radical (unpaired) electrons. The maximum absolute atomic E-state index is 11.6. The van der Waals surface area contributed by atoms with Gasteiger partial charge in [-0.3, -0.25) is 9.89 Å². The minimum atomic E-state index is -2.94. The molecule has 1 atom stereocenters. The summed E-state index contributed by atoms with van der Waals surface area (Å²) in [4.78, 5) is 6.84. The number of sulfone groups is 1. The molecule has 6 nitrogen and oxygen atoms in total. The van der Waals surface area contributed by atoms with Crippen LogP contribution in [0.1, 0.15) is 31.2 Å². The highest BCUT2D eigenvalue weighted by atomic mass is 127. The van der Waals surface area contributed by atoms with E-state index < -0.39 is 9.84 Å². The summed E-state index contributed by atoms with van der Waals surface area (Å²) in [5, 5.41) is 6.78. The van der Waals surface area contributed by atoms with Crippen molar-refractivity contribution < 1.29 is 8.42 Å². The number of rotatable bonds is 8. The third-order valence-electron chi connectivity index (χ3n) is 5.61. The van der Waals surface area contributed by atoms with Crippen LogP contribution >= 0.6 is 24.0 Å². The van der Waals surface area contributed by atoms with Gasteiger partial charge in [-0.2, -0.15) is 0 Å². The second-order valence-corrected chi connectivity index (χ2v) is 10.3. The summed E-state index contributed by atoms with van der Waals surface area (Å²) in [7, 11) is -1.18. The predicted molar refractivity (Wildman–Crippen MR) is 126 cm³/mol. The Kier molecular flexibility index (Phi) is 8.57. The Labute approximate surface area is 186 Å². The molecule has 158 valence electrons. The zero-order chi connectivity index (χ0) is 19.3. The second kappa shape index (κ2) is 10.2. The van der Waals surface area contributed by atoms with Crippen molar-refractivity contribution >= 4 is 39.8 Å². The molecule has 0 bridgehead atoms. The average molecular weight is 520 g/mol. The number of guanidine groups is 1. The number of hydrogen-bond acceptors (Lipinski definition) is 4. The summed E-state index contributed by atoms with van der Waals surface area (Å²) in [5.41, 5.74) is 1.25. The fourth-order valence-corrected chi connectivity index (χ4v) is 5.47. The van der Waals surface area contributed by atoms with E-state index in [1.54, 1.807) is 7.05 Å². The van der Waals surface area contributed by atoms with Gasteiger partial charge in [0.05, 0.1) is 5.75 Å². The van der Waals surface area contributed by atoms with E-state index in [4.69, 9.17) is 0 Å². The molecule has 1 heterocycles. The third-order valence-corrected chi connectivity index (χ3v) is 6.75. The van der Waals surface area contributed by atoms with Crippen LogP contribution < -0.4 is 10.6 Å². The summed E-state index contributed by atoms with van der Waals surface area (Å²) >= 11 is 0. The van der Waals surface area contributed by atoms with E-state index in [2.05, 4.69) is 50.9 Å². The highest BCUT2D eigenvalue weighted by molar-refractivity contribution is 14.0. The summed E-state index contributed by atoms with van der Waals surface area (Å²) in [6.07, 6.45) is 5.67. The van der Waals surface area contributed by atoms with E-state index in [0.29, 0.717) is 12.6 Å². The highest BCUT2D eigenvalue weighted by Gasteiger charge is 2.45. The lowest BCUT2D eigenvalue weighted by Crippen LogP contribution is -2.46. The molecule has 1 unspecified atom stereocenters. The minimum Gasteiger partial charge on any atom is -0.356 e. The van der Waals surface area contributed by atoms with Crippen LogP contribution in [0.25, 0.3) is 0 Å². The fourth-order valence-electron chi connectivity index (χ4n) is 3.96. The first kappa shape index (κ1) is 23.4. The largest absolute Gasteiger partial charge is 0.356 e. The highest BCUT2D eigenvalue weighted by Crippen LogP contribution is 2.45. The van der Waals surface area contributed by atoms with Gasteiger partial charge in [0.2, 0.25) is 0 Å². The van der Waals surface area contributed by atoms with E-state index in [1.807, 2.05) is 0 Å². The Balaban J connectivity index is 0.00000280. The Hall–Kier alpha value is -0.870. The first-order valence-corrected chi connectivity index (χ1v) is 11.9. The maximum Gasteiger partial charge on any atom is 0.191 e. The van der Waals surface area contributed by atoms with E-state index in [9.17, 15) is 8.42 Å². The van der Waals surface area contributed by atoms with Crippen LogP contribution in [-0.2, 0) is 16.4 Å². The normalized spacial score (nSPS) is 21.8. The molecule has 8 heteroatoms. The third kappa shape index (κ3) is 7.18. The molecule has 1 saturated heterocycles. The van der Waals surface area contributed by atoms with E-state index in [-0.39, 0.29) is 35.1 Å². The van der Waals surface area contributed by atoms with Gasteiger partial charge in [-0.05, 0) is 37.8 Å². The van der Waals surface area contributed by atoms with Gasteiger partial charge < -0.3 is 10.6 Å². The van der Waals surface area contributed by atoms with Crippen molar-refractivity contribution in [2.24, 2.45) is 10.4 Å². The molecule has 28 heavy (non-hydrogen) atoms. The molecule has 0 aromatic heterocycles. The fraction of sp³-hybridized carbons (Fsp3) is 0.650. The Morgan fingerprint density at radius 3 is 2.57 bits per heavy atom. The number of aliphatic imine (C=N–C) groups is 1. The molecular weight excluding hydrogens is 487 g/mol. The molecule has 0 spiro atoms. The van der Waals surface area contributed by atoms with Gasteiger partial charge in [-0.15, -0.1) is 24.0 Å². The first-order chi connectivity index (χ1) is 12.9. The average Bonchev–Trinajstić information content (AvgIpc) is 3.23. The summed E-state index contributed by atoms with van der Waals surface area (Å²) in [6.45, 7) is 3.63. The van der Waals surface area contributed by atoms with Crippen LogP contribution in [0.5, 0.6) is 0 Å². The number of likely N-dealkylation sites (tertiary alicyclic amines) is 1. The van der Waals surface area contributed by atoms with Crippen molar-refractivity contribution in [2.45, 2.75) is 38.3 Å². The number of halogens is 1. The lowest BCUT2D eigenvalue weighted by atomic mass is 10.1. The summed E-state index contributed by atoms with van der Waals surface area (Å²) in [6, 6.07) is 11.1. The molecule has 1 aliphatic heterocycles. The molecule has 1 aliphatic carbocycles. The summed E-state index contributed by atoms with van der Waals surface area (Å²) < 4.78 is 23.2. The quantitative estimate of drug-likeness (QED) is 0.313. The van der Waals surface area contributed by atoms with Crippen molar-refractivity contribution in [3.8, 4) is 0 Å². The Bertz CT molecular complexity index is 751. The molecule has 0 amide bonds. The molecule has 2 fully saturated rings. The van der Waals surface area contributed by atoms with Gasteiger partial charge in [0.15, 0.2) is 5.96 Å². The smallest absolute Gasteiger partial charge is 0.191 e. The lowest BCUT2D eigenvalue weighted by Gasteiger charge is -2.26. The standard InChI is InChI=1S/C20H32N4O2S.HI/c1-21-19(23-15-20(10-11-20)16-27(2,25)26)22-13-18-9-6-12-24(18)14-17-7-4-3-5-8-17;/h3-5,7-8,18H,6,9-16H2,1-2H3,(H2,21,22,23);1H. The monoisotopic (exact) mass is 520 g/mol. The van der Waals surface area contributed by atoms with Crippen molar-refractivity contribution in [2.75, 3.05) is 38.7 Å². The second-order valence-electron chi connectivity index (χ2n) is 8.13. The molecular formula is C20H33IN4O2S. The van der Waals surface area contributed by atoms with Gasteiger partial charge >= 0.3 is 0 Å². The van der Waals surface area contributed by atoms with E-state index in [1.165, 1.54) is 24.7 Å². The minimum absolute atomic E-state index is 0. The van der Waals surface area contributed by atoms with Gasteiger partial charge in [0.1, 0.15) is 9.84 Å². The van der Waals surface area contributed by atoms with Crippen LogP contribution in [0.3, 0.4) is 0 Å². The van der Waals surface area contributed by atoms with Gasteiger partial charge in [-0.25, -0.2) is 8.42 Å². The van der Waals surface area contributed by atoms with Crippen LogP contribution in [0.2, 0.25) is 0 Å². The van der Waals surface area contributed by atoms with Crippen molar-refractivity contribution in [3.05, 3.63) is 35.9 Å². The van der Waals surface area contributed by atoms with Gasteiger partial charge in [-0.1, -0.05) is 30.3 Å². The van der Waals surface area contributed by atoms with Crippen LogP contribution in [0.15, 0.2) is 35.3 Å². The van der Waals surface area contributed by atoms with E-state index in [0.717, 1.165) is 38.4 Å². The Morgan fingerprint density at radius 1 is 1.25 bits per heavy atom. The SMILES string of the molecule is CN=C(NCC1CCCN1Cc1ccccc1)NCC1(CS(C)(=O)=O)CC1.I. The van der Waals surface area contributed by atoms with Gasteiger partial charge in [0, 0.05) is 44.4 Å². The lowest BCUT2D eigenvalue weighted by molar-refractivity contribution is 0.245. The Morgan fingerprint density at radius 2 is 1.96 bits per heavy atom. The predicted octanol–water partition coefficient (Wildman–Crippen LogP) is 2.26.